The molecule has 0 radical (unpaired) electrons. The maximum absolute atomic E-state index is 12.5. The van der Waals surface area contributed by atoms with Crippen molar-refractivity contribution >= 4 is 27.3 Å². The van der Waals surface area contributed by atoms with E-state index in [1.807, 2.05) is 24.3 Å². The first kappa shape index (κ1) is 18.9. The fourth-order valence-corrected chi connectivity index (χ4v) is 3.92. The standard InChI is InChI=1S/C19H20N2O5S/c1-26-16-8-7-14(11-17(16)27(2,24)25)19(23)20-12-18(22)21-10-9-13-5-3-4-6-15(13)21/h3-8,11H,9-10,12H2,1-2H3,(H,20,23). The van der Waals surface area contributed by atoms with E-state index < -0.39 is 15.7 Å². The Morgan fingerprint density at radius 1 is 1.19 bits per heavy atom. The molecule has 2 amide bonds. The predicted octanol–water partition coefficient (Wildman–Crippen LogP) is 1.42. The summed E-state index contributed by atoms with van der Waals surface area (Å²) in [6.07, 6.45) is 1.83. The van der Waals surface area contributed by atoms with E-state index in [1.165, 1.54) is 25.3 Å². The molecule has 1 aliphatic rings. The number of rotatable bonds is 5. The molecule has 2 aromatic carbocycles. The van der Waals surface area contributed by atoms with Gasteiger partial charge in [0.05, 0.1) is 13.7 Å². The van der Waals surface area contributed by atoms with Crippen molar-refractivity contribution in [2.45, 2.75) is 11.3 Å². The van der Waals surface area contributed by atoms with Crippen LogP contribution >= 0.6 is 0 Å². The Kier molecular flexibility index (Phi) is 5.18. The Balaban J connectivity index is 1.71. The highest BCUT2D eigenvalue weighted by atomic mass is 32.2. The van der Waals surface area contributed by atoms with E-state index in [4.69, 9.17) is 4.74 Å². The minimum absolute atomic E-state index is 0.0718. The van der Waals surface area contributed by atoms with Gasteiger partial charge in [0.25, 0.3) is 5.91 Å². The molecule has 0 bridgehead atoms. The molecule has 0 atom stereocenters. The van der Waals surface area contributed by atoms with Gasteiger partial charge in [-0.1, -0.05) is 18.2 Å². The summed E-state index contributed by atoms with van der Waals surface area (Å²) in [6, 6.07) is 11.8. The maximum Gasteiger partial charge on any atom is 0.251 e. The summed E-state index contributed by atoms with van der Waals surface area (Å²) in [5, 5.41) is 2.56. The molecule has 0 aromatic heterocycles. The van der Waals surface area contributed by atoms with Crippen LogP contribution in [-0.2, 0) is 21.1 Å². The van der Waals surface area contributed by atoms with E-state index in [0.29, 0.717) is 6.54 Å². The largest absolute Gasteiger partial charge is 0.495 e. The quantitative estimate of drug-likeness (QED) is 0.836. The summed E-state index contributed by atoms with van der Waals surface area (Å²) in [6.45, 7) is 0.405. The number of amides is 2. The second kappa shape index (κ2) is 7.40. The minimum Gasteiger partial charge on any atom is -0.495 e. The van der Waals surface area contributed by atoms with Gasteiger partial charge in [0, 0.05) is 24.1 Å². The molecule has 7 nitrogen and oxygen atoms in total. The van der Waals surface area contributed by atoms with Gasteiger partial charge in [-0.15, -0.1) is 0 Å². The first-order chi connectivity index (χ1) is 12.8. The van der Waals surface area contributed by atoms with Gasteiger partial charge < -0.3 is 15.0 Å². The Labute approximate surface area is 157 Å². The van der Waals surface area contributed by atoms with E-state index in [-0.39, 0.29) is 28.7 Å². The molecule has 3 rings (SSSR count). The summed E-state index contributed by atoms with van der Waals surface area (Å²) in [5.41, 5.74) is 2.11. The molecule has 0 saturated heterocycles. The first-order valence-corrected chi connectivity index (χ1v) is 10.2. The zero-order valence-corrected chi connectivity index (χ0v) is 15.9. The van der Waals surface area contributed by atoms with E-state index in [9.17, 15) is 18.0 Å². The fraction of sp³-hybridized carbons (Fsp3) is 0.263. The van der Waals surface area contributed by atoms with Crippen LogP contribution in [0, 0.1) is 0 Å². The van der Waals surface area contributed by atoms with E-state index in [0.717, 1.165) is 23.9 Å². The summed E-state index contributed by atoms with van der Waals surface area (Å²) in [7, 11) is -2.20. The highest BCUT2D eigenvalue weighted by Gasteiger charge is 2.24. The lowest BCUT2D eigenvalue weighted by molar-refractivity contribution is -0.117. The molecule has 142 valence electrons. The van der Waals surface area contributed by atoms with E-state index >= 15 is 0 Å². The molecule has 1 N–H and O–H groups in total. The fourth-order valence-electron chi connectivity index (χ4n) is 3.06. The maximum atomic E-state index is 12.5. The zero-order valence-electron chi connectivity index (χ0n) is 15.1. The number of hydrogen-bond acceptors (Lipinski definition) is 5. The molecule has 27 heavy (non-hydrogen) atoms. The molecular formula is C19H20N2O5S. The number of carbonyl (C=O) groups is 2. The topological polar surface area (TPSA) is 92.8 Å². The Morgan fingerprint density at radius 2 is 1.93 bits per heavy atom. The number of hydrogen-bond donors (Lipinski definition) is 1. The molecule has 2 aromatic rings. The lowest BCUT2D eigenvalue weighted by atomic mass is 10.2. The lowest BCUT2D eigenvalue weighted by Crippen LogP contribution is -2.39. The Morgan fingerprint density at radius 3 is 2.63 bits per heavy atom. The summed E-state index contributed by atoms with van der Waals surface area (Å²) in [5.74, 6) is -0.577. The molecule has 0 unspecified atom stereocenters. The average Bonchev–Trinajstić information content (AvgIpc) is 3.08. The van der Waals surface area contributed by atoms with Crippen LogP contribution in [0.25, 0.3) is 0 Å². The molecule has 8 heteroatoms. The average molecular weight is 388 g/mol. The van der Waals surface area contributed by atoms with Crippen molar-refractivity contribution in [3.63, 3.8) is 0 Å². The summed E-state index contributed by atoms with van der Waals surface area (Å²) in [4.78, 5) is 26.4. The van der Waals surface area contributed by atoms with Crippen LogP contribution < -0.4 is 15.0 Å². The molecule has 1 aliphatic heterocycles. The van der Waals surface area contributed by atoms with Gasteiger partial charge in [-0.3, -0.25) is 9.59 Å². The number of nitrogens with zero attached hydrogens (tertiary/aromatic N) is 1. The predicted molar refractivity (Wildman–Crippen MR) is 101 cm³/mol. The molecule has 0 spiro atoms. The molecule has 1 heterocycles. The molecule has 0 fully saturated rings. The monoisotopic (exact) mass is 388 g/mol. The lowest BCUT2D eigenvalue weighted by Gasteiger charge is -2.17. The van der Waals surface area contributed by atoms with Gasteiger partial charge in [-0.2, -0.15) is 0 Å². The second-order valence-electron chi connectivity index (χ2n) is 6.24. The van der Waals surface area contributed by atoms with Gasteiger partial charge in [-0.05, 0) is 36.2 Å². The van der Waals surface area contributed by atoms with Crippen molar-refractivity contribution in [1.29, 1.82) is 0 Å². The van der Waals surface area contributed by atoms with Crippen LogP contribution in [-0.4, -0.2) is 46.7 Å². The van der Waals surface area contributed by atoms with Gasteiger partial charge in [0.15, 0.2) is 9.84 Å². The van der Waals surface area contributed by atoms with Crippen molar-refractivity contribution in [3.8, 4) is 5.75 Å². The summed E-state index contributed by atoms with van der Waals surface area (Å²) < 4.78 is 28.8. The summed E-state index contributed by atoms with van der Waals surface area (Å²) >= 11 is 0. The van der Waals surface area contributed by atoms with Crippen LogP contribution in [0.3, 0.4) is 0 Å². The van der Waals surface area contributed by atoms with Gasteiger partial charge >= 0.3 is 0 Å². The van der Waals surface area contributed by atoms with E-state index in [1.54, 1.807) is 4.90 Å². The van der Waals surface area contributed by atoms with Crippen LogP contribution in [0.5, 0.6) is 5.75 Å². The smallest absolute Gasteiger partial charge is 0.251 e. The van der Waals surface area contributed by atoms with Crippen LogP contribution in [0.4, 0.5) is 5.69 Å². The number of fused-ring (bicyclic) bond motifs is 1. The number of anilines is 1. The van der Waals surface area contributed by atoms with Gasteiger partial charge in [0.2, 0.25) is 5.91 Å². The number of sulfone groups is 1. The third-order valence-electron chi connectivity index (χ3n) is 4.41. The minimum atomic E-state index is -3.56. The highest BCUT2D eigenvalue weighted by Crippen LogP contribution is 2.27. The molecular weight excluding hydrogens is 368 g/mol. The van der Waals surface area contributed by atoms with Crippen LogP contribution in [0.2, 0.25) is 0 Å². The normalized spacial score (nSPS) is 13.2. The second-order valence-corrected chi connectivity index (χ2v) is 8.23. The third kappa shape index (κ3) is 3.95. The zero-order chi connectivity index (χ0) is 19.6. The molecule has 0 saturated carbocycles. The SMILES string of the molecule is COc1ccc(C(=O)NCC(=O)N2CCc3ccccc32)cc1S(C)(=O)=O. The van der Waals surface area contributed by atoms with Crippen molar-refractivity contribution < 1.29 is 22.7 Å². The van der Waals surface area contributed by atoms with Crippen molar-refractivity contribution in [2.24, 2.45) is 0 Å². The van der Waals surface area contributed by atoms with Gasteiger partial charge in [0.1, 0.15) is 10.6 Å². The Bertz CT molecular complexity index is 1000. The van der Waals surface area contributed by atoms with Crippen LogP contribution in [0.1, 0.15) is 15.9 Å². The third-order valence-corrected chi connectivity index (χ3v) is 5.53. The number of nitrogens with one attached hydrogen (secondary N) is 1. The van der Waals surface area contributed by atoms with Crippen molar-refractivity contribution in [2.75, 3.05) is 31.4 Å². The number of para-hydroxylation sites is 1. The number of benzene rings is 2. The van der Waals surface area contributed by atoms with Gasteiger partial charge in [-0.25, -0.2) is 8.42 Å². The van der Waals surface area contributed by atoms with Crippen molar-refractivity contribution in [3.05, 3.63) is 53.6 Å². The highest BCUT2D eigenvalue weighted by molar-refractivity contribution is 7.90. The number of ether oxygens (including phenoxy) is 1. The molecule has 0 aliphatic carbocycles. The number of carbonyl (C=O) groups excluding carboxylic acids is 2. The van der Waals surface area contributed by atoms with Crippen molar-refractivity contribution in [1.82, 2.24) is 5.32 Å². The first-order valence-electron chi connectivity index (χ1n) is 8.36. The van der Waals surface area contributed by atoms with Crippen LogP contribution in [0.15, 0.2) is 47.4 Å². The number of methoxy groups -OCH3 is 1. The Hall–Kier alpha value is -2.87. The van der Waals surface area contributed by atoms with E-state index in [2.05, 4.69) is 5.32 Å².